The van der Waals surface area contributed by atoms with Crippen LogP contribution in [0.2, 0.25) is 0 Å². The molecule has 1 aromatic carbocycles. The molecule has 0 radical (unpaired) electrons. The van der Waals surface area contributed by atoms with Gasteiger partial charge in [0.05, 0.1) is 6.21 Å². The summed E-state index contributed by atoms with van der Waals surface area (Å²) in [6.07, 6.45) is -4.86. The van der Waals surface area contributed by atoms with E-state index in [9.17, 15) is 18.3 Å². The van der Waals surface area contributed by atoms with E-state index in [1.807, 2.05) is 0 Å². The molecule has 0 aromatic heterocycles. The van der Waals surface area contributed by atoms with Crippen LogP contribution in [0.15, 0.2) is 35.4 Å². The second kappa shape index (κ2) is 5.83. The first kappa shape index (κ1) is 16.5. The molecule has 0 aliphatic carbocycles. The largest absolute Gasteiger partial charge is 0.422 e. The van der Waals surface area contributed by atoms with Crippen LogP contribution in [0.25, 0.3) is 0 Å². The van der Waals surface area contributed by atoms with Crippen molar-refractivity contribution in [1.29, 1.82) is 0 Å². The molecule has 0 heterocycles. The normalized spacial score (nSPS) is 16.1. The average Bonchev–Trinajstić information content (AvgIpc) is 2.27. The second-order valence-electron chi connectivity index (χ2n) is 5.70. The van der Waals surface area contributed by atoms with Gasteiger partial charge >= 0.3 is 6.18 Å². The highest BCUT2D eigenvalue weighted by atomic mass is 19.4. The number of halogens is 3. The van der Waals surface area contributed by atoms with Gasteiger partial charge in [0.2, 0.25) is 5.60 Å². The van der Waals surface area contributed by atoms with E-state index in [4.69, 9.17) is 0 Å². The van der Waals surface area contributed by atoms with Crippen molar-refractivity contribution in [2.24, 2.45) is 5.10 Å². The van der Waals surface area contributed by atoms with Crippen molar-refractivity contribution in [2.45, 2.75) is 44.5 Å². The number of nitrogens with one attached hydrogen (secondary N) is 1. The monoisotopic (exact) mass is 288 g/mol. The molecule has 1 atom stereocenters. The van der Waals surface area contributed by atoms with Crippen molar-refractivity contribution >= 4 is 6.21 Å². The number of hydrazone groups is 1. The number of rotatable bonds is 4. The van der Waals surface area contributed by atoms with E-state index in [2.05, 4.69) is 10.5 Å². The zero-order valence-corrected chi connectivity index (χ0v) is 11.7. The lowest BCUT2D eigenvalue weighted by Crippen LogP contribution is -2.49. The van der Waals surface area contributed by atoms with Gasteiger partial charge in [-0.05, 0) is 26.3 Å². The molecule has 0 amide bonds. The van der Waals surface area contributed by atoms with Crippen LogP contribution in [0.5, 0.6) is 0 Å². The van der Waals surface area contributed by atoms with Crippen molar-refractivity contribution in [1.82, 2.24) is 5.43 Å². The van der Waals surface area contributed by atoms with Gasteiger partial charge in [-0.1, -0.05) is 30.3 Å². The SMILES string of the molecule is CC(C)(C)NN=CC(O)(Cc1ccccc1)C(F)(F)F. The van der Waals surface area contributed by atoms with Gasteiger partial charge in [0, 0.05) is 12.0 Å². The second-order valence-corrected chi connectivity index (χ2v) is 5.70. The standard InChI is InChI=1S/C14H19F3N2O/c1-12(2,3)19-18-10-13(20,14(15,16)17)9-11-7-5-4-6-8-11/h4-8,10,19-20H,9H2,1-3H3. The van der Waals surface area contributed by atoms with Crippen molar-refractivity contribution in [3.8, 4) is 0 Å². The summed E-state index contributed by atoms with van der Waals surface area (Å²) in [5, 5.41) is 13.4. The Kier molecular flexibility index (Phi) is 4.81. The molecule has 1 aromatic rings. The molecule has 0 aliphatic heterocycles. The molecular formula is C14H19F3N2O. The minimum absolute atomic E-state index is 0.384. The van der Waals surface area contributed by atoms with Crippen LogP contribution in [0.4, 0.5) is 13.2 Å². The zero-order valence-electron chi connectivity index (χ0n) is 11.7. The van der Waals surface area contributed by atoms with Crippen molar-refractivity contribution in [3.63, 3.8) is 0 Å². The topological polar surface area (TPSA) is 44.6 Å². The fourth-order valence-electron chi connectivity index (χ4n) is 1.46. The number of alkyl halides is 3. The molecule has 0 aliphatic rings. The summed E-state index contributed by atoms with van der Waals surface area (Å²) in [7, 11) is 0. The molecule has 1 unspecified atom stereocenters. The van der Waals surface area contributed by atoms with Gasteiger partial charge in [-0.3, -0.25) is 0 Å². The third-order valence-corrected chi connectivity index (χ3v) is 2.49. The highest BCUT2D eigenvalue weighted by Crippen LogP contribution is 2.32. The molecule has 0 fully saturated rings. The average molecular weight is 288 g/mol. The van der Waals surface area contributed by atoms with Gasteiger partial charge in [0.25, 0.3) is 0 Å². The predicted molar refractivity (Wildman–Crippen MR) is 72.5 cm³/mol. The van der Waals surface area contributed by atoms with Crippen molar-refractivity contribution in [3.05, 3.63) is 35.9 Å². The number of hydrogen-bond donors (Lipinski definition) is 2. The first-order chi connectivity index (χ1) is 9.04. The van der Waals surface area contributed by atoms with Gasteiger partial charge in [-0.2, -0.15) is 18.3 Å². The highest BCUT2D eigenvalue weighted by Gasteiger charge is 2.52. The minimum atomic E-state index is -4.80. The van der Waals surface area contributed by atoms with E-state index in [-0.39, 0.29) is 0 Å². The Morgan fingerprint density at radius 3 is 2.15 bits per heavy atom. The molecule has 6 heteroatoms. The number of aliphatic hydroxyl groups is 1. The summed E-state index contributed by atoms with van der Waals surface area (Å²) < 4.78 is 39.1. The molecular weight excluding hydrogens is 269 g/mol. The van der Waals surface area contributed by atoms with Gasteiger partial charge < -0.3 is 10.5 Å². The van der Waals surface area contributed by atoms with E-state index < -0.39 is 23.7 Å². The first-order valence-electron chi connectivity index (χ1n) is 6.18. The fraction of sp³-hybridized carbons (Fsp3) is 0.500. The Hall–Kier alpha value is -1.56. The Labute approximate surface area is 116 Å². The first-order valence-corrected chi connectivity index (χ1v) is 6.18. The summed E-state index contributed by atoms with van der Waals surface area (Å²) in [5.74, 6) is 0. The van der Waals surface area contributed by atoms with Crippen molar-refractivity contribution in [2.75, 3.05) is 0 Å². The van der Waals surface area contributed by atoms with Crippen LogP contribution in [0, 0.1) is 0 Å². The van der Waals surface area contributed by atoms with Crippen LogP contribution in [0.1, 0.15) is 26.3 Å². The lowest BCUT2D eigenvalue weighted by atomic mass is 9.95. The van der Waals surface area contributed by atoms with E-state index >= 15 is 0 Å². The summed E-state index contributed by atoms with van der Waals surface area (Å²) in [6, 6.07) is 8.00. The Morgan fingerprint density at radius 2 is 1.70 bits per heavy atom. The maximum absolute atomic E-state index is 13.0. The molecule has 20 heavy (non-hydrogen) atoms. The van der Waals surface area contributed by atoms with E-state index in [1.54, 1.807) is 39.0 Å². The van der Waals surface area contributed by atoms with E-state index in [1.165, 1.54) is 12.1 Å². The third-order valence-electron chi connectivity index (χ3n) is 2.49. The minimum Gasteiger partial charge on any atom is -0.375 e. The third kappa shape index (κ3) is 4.85. The fourth-order valence-corrected chi connectivity index (χ4v) is 1.46. The summed E-state index contributed by atoms with van der Waals surface area (Å²) >= 11 is 0. The predicted octanol–water partition coefficient (Wildman–Crippen LogP) is 2.90. The van der Waals surface area contributed by atoms with Crippen LogP contribution in [-0.4, -0.2) is 28.6 Å². The van der Waals surface area contributed by atoms with Gasteiger partial charge in [-0.25, -0.2) is 0 Å². The molecule has 0 saturated heterocycles. The maximum atomic E-state index is 13.0. The molecule has 0 bridgehead atoms. The summed E-state index contributed by atoms with van der Waals surface area (Å²) in [5.41, 5.74) is -0.541. The number of hydrogen-bond acceptors (Lipinski definition) is 3. The molecule has 2 N–H and O–H groups in total. The van der Waals surface area contributed by atoms with Gasteiger partial charge in [0.15, 0.2) is 0 Å². The van der Waals surface area contributed by atoms with Crippen LogP contribution in [0.3, 0.4) is 0 Å². The Bertz CT molecular complexity index is 452. The molecule has 1 rings (SSSR count). The Balaban J connectivity index is 2.93. The van der Waals surface area contributed by atoms with Gasteiger partial charge in [-0.15, -0.1) is 0 Å². The lowest BCUT2D eigenvalue weighted by Gasteiger charge is -2.27. The molecule has 112 valence electrons. The molecule has 0 spiro atoms. The van der Waals surface area contributed by atoms with Gasteiger partial charge in [0.1, 0.15) is 0 Å². The molecule has 0 saturated carbocycles. The van der Waals surface area contributed by atoms with E-state index in [0.29, 0.717) is 11.8 Å². The summed E-state index contributed by atoms with van der Waals surface area (Å²) in [4.78, 5) is 0. The van der Waals surface area contributed by atoms with Crippen molar-refractivity contribution < 1.29 is 18.3 Å². The number of nitrogens with zero attached hydrogens (tertiary/aromatic N) is 1. The lowest BCUT2D eigenvalue weighted by molar-refractivity contribution is -0.228. The summed E-state index contributed by atoms with van der Waals surface area (Å²) in [6.45, 7) is 5.27. The van der Waals surface area contributed by atoms with Crippen LogP contribution in [-0.2, 0) is 6.42 Å². The van der Waals surface area contributed by atoms with Crippen LogP contribution >= 0.6 is 0 Å². The maximum Gasteiger partial charge on any atom is 0.422 e. The van der Waals surface area contributed by atoms with Crippen LogP contribution < -0.4 is 5.43 Å². The zero-order chi connectivity index (χ0) is 15.4. The van der Waals surface area contributed by atoms with E-state index in [0.717, 1.165) is 0 Å². The smallest absolute Gasteiger partial charge is 0.375 e. The number of benzene rings is 1. The Morgan fingerprint density at radius 1 is 1.15 bits per heavy atom. The molecule has 3 nitrogen and oxygen atoms in total. The highest BCUT2D eigenvalue weighted by molar-refractivity contribution is 5.70. The quantitative estimate of drug-likeness (QED) is 0.661.